The highest BCUT2D eigenvalue weighted by molar-refractivity contribution is 8.26. The van der Waals surface area contributed by atoms with Gasteiger partial charge in [0, 0.05) is 12.8 Å². The molecule has 0 aromatic heterocycles. The number of hydrogen-bond acceptors (Lipinski definition) is 3. The number of thioether (sulfide) groups is 1. The minimum Gasteiger partial charge on any atom is -0.287 e. The molecule has 0 radical (unpaired) electrons. The predicted molar refractivity (Wildman–Crippen MR) is 204 cm³/mol. The van der Waals surface area contributed by atoms with Crippen molar-refractivity contribution >= 4 is 22.0 Å². The quantitative estimate of drug-likeness (QED) is 0.0624. The van der Waals surface area contributed by atoms with Crippen LogP contribution in [0.4, 0.5) is 0 Å². The van der Waals surface area contributed by atoms with E-state index >= 15 is 0 Å². The van der Waals surface area contributed by atoms with Gasteiger partial charge in [-0.1, -0.05) is 232 Å². The monoisotopic (exact) mass is 651 g/mol. The maximum Gasteiger partial charge on any atom is 0.196 e. The fraction of sp³-hybridized carbons (Fsp3) is 0.952. The van der Waals surface area contributed by atoms with Crippen molar-refractivity contribution < 1.29 is 9.59 Å². The van der Waals surface area contributed by atoms with Crippen LogP contribution in [0.2, 0.25) is 0 Å². The Morgan fingerprint density at radius 1 is 0.267 bits per heavy atom. The molecule has 0 unspecified atom stereocenters. The van der Waals surface area contributed by atoms with Crippen molar-refractivity contribution in [3.8, 4) is 0 Å². The summed E-state index contributed by atoms with van der Waals surface area (Å²) in [6.07, 6.45) is 50.1. The minimum atomic E-state index is 0.0962. The molecule has 0 N–H and O–H groups in total. The molecule has 0 rings (SSSR count). The number of hydrogen-bond donors (Lipinski definition) is 0. The molecule has 0 saturated heterocycles. The van der Waals surface area contributed by atoms with Crippen molar-refractivity contribution in [2.45, 2.75) is 258 Å². The van der Waals surface area contributed by atoms with Crippen LogP contribution in [0.25, 0.3) is 0 Å². The molecule has 268 valence electrons. The average Bonchev–Trinajstić information content (AvgIpc) is 3.03. The molecule has 0 saturated carbocycles. The normalized spacial score (nSPS) is 11.4. The molecule has 3 heteroatoms. The third kappa shape index (κ3) is 39.8. The summed E-state index contributed by atoms with van der Waals surface area (Å²) in [6, 6.07) is 0. The van der Waals surface area contributed by atoms with E-state index in [1.165, 1.54) is 205 Å². The van der Waals surface area contributed by atoms with E-state index in [2.05, 4.69) is 13.8 Å². The zero-order valence-electron chi connectivity index (χ0n) is 31.1. The van der Waals surface area contributed by atoms with Crippen LogP contribution in [0.5, 0.6) is 0 Å². The SMILES string of the molecule is CCCCCCCCCCCCCCCCCCCCC(=O)SC(=O)CCCCCCCCCCCCCCCCCCCC. The first-order valence-electron chi connectivity index (χ1n) is 20.9. The molecule has 0 heterocycles. The smallest absolute Gasteiger partial charge is 0.196 e. The van der Waals surface area contributed by atoms with Gasteiger partial charge in [-0.15, -0.1) is 0 Å². The fourth-order valence-corrected chi connectivity index (χ4v) is 7.32. The molecule has 0 aliphatic rings. The topological polar surface area (TPSA) is 34.1 Å². The maximum absolute atomic E-state index is 12.2. The van der Waals surface area contributed by atoms with Gasteiger partial charge in [0.2, 0.25) is 0 Å². The Labute approximate surface area is 288 Å². The molecule has 45 heavy (non-hydrogen) atoms. The van der Waals surface area contributed by atoms with Gasteiger partial charge in [-0.05, 0) is 24.6 Å². The van der Waals surface area contributed by atoms with Gasteiger partial charge in [-0.2, -0.15) is 0 Å². The predicted octanol–water partition coefficient (Wildman–Crippen LogP) is 15.6. The van der Waals surface area contributed by atoms with Crippen LogP contribution >= 0.6 is 11.8 Å². The zero-order chi connectivity index (χ0) is 32.7. The van der Waals surface area contributed by atoms with Crippen molar-refractivity contribution in [2.24, 2.45) is 0 Å². The van der Waals surface area contributed by atoms with Crippen molar-refractivity contribution in [1.82, 2.24) is 0 Å². The van der Waals surface area contributed by atoms with E-state index in [1.54, 1.807) is 0 Å². The number of carbonyl (C=O) groups excluding carboxylic acids is 2. The molecule has 0 fully saturated rings. The first kappa shape index (κ1) is 44.7. The Bertz CT molecular complexity index is 539. The van der Waals surface area contributed by atoms with Crippen LogP contribution in [0.3, 0.4) is 0 Å². The Kier molecular flexibility index (Phi) is 39.6. The molecule has 0 aromatic rings. The summed E-state index contributed by atoms with van der Waals surface area (Å²) in [5.74, 6) is 0. The third-order valence-electron chi connectivity index (χ3n) is 9.70. The van der Waals surface area contributed by atoms with E-state index < -0.39 is 0 Å². The molecule has 0 spiro atoms. The molecular formula is C42H82O2S. The van der Waals surface area contributed by atoms with Gasteiger partial charge in [-0.25, -0.2) is 0 Å². The van der Waals surface area contributed by atoms with Crippen molar-refractivity contribution in [1.29, 1.82) is 0 Å². The summed E-state index contributed by atoms with van der Waals surface area (Å²) in [5, 5.41) is 0.192. The van der Waals surface area contributed by atoms with E-state index in [0.717, 1.165) is 37.4 Å². The lowest BCUT2D eigenvalue weighted by Crippen LogP contribution is -1.99. The van der Waals surface area contributed by atoms with Crippen LogP contribution in [0, 0.1) is 0 Å². The van der Waals surface area contributed by atoms with Gasteiger partial charge < -0.3 is 0 Å². The fourth-order valence-electron chi connectivity index (χ4n) is 6.57. The summed E-state index contributed by atoms with van der Waals surface area (Å²) in [6.45, 7) is 4.58. The third-order valence-corrected chi connectivity index (χ3v) is 10.6. The molecule has 0 aliphatic heterocycles. The standard InChI is InChI=1S/C42H82O2S/c1-3-5-7-9-11-13-15-17-19-21-23-25-27-29-31-33-35-37-39-41(43)45-42(44)40-38-36-34-32-30-28-26-24-22-20-18-16-14-12-10-8-6-4-2/h3-40H2,1-2H3. The van der Waals surface area contributed by atoms with Gasteiger partial charge in [-0.3, -0.25) is 9.59 Å². The number of carbonyl (C=O) groups is 2. The van der Waals surface area contributed by atoms with Crippen LogP contribution in [-0.4, -0.2) is 10.2 Å². The Hall–Kier alpha value is -0.310. The average molecular weight is 651 g/mol. The molecule has 0 bridgehead atoms. The first-order chi connectivity index (χ1) is 22.2. The second-order valence-electron chi connectivity index (χ2n) is 14.4. The highest BCUT2D eigenvalue weighted by atomic mass is 32.2. The Balaban J connectivity index is 3.26. The largest absolute Gasteiger partial charge is 0.287 e. The molecule has 0 aromatic carbocycles. The van der Waals surface area contributed by atoms with E-state index in [1.807, 2.05) is 0 Å². The lowest BCUT2D eigenvalue weighted by atomic mass is 10.0. The van der Waals surface area contributed by atoms with Crippen molar-refractivity contribution in [3.63, 3.8) is 0 Å². The number of unbranched alkanes of at least 4 members (excludes halogenated alkanes) is 34. The summed E-state index contributed by atoms with van der Waals surface area (Å²) in [5.41, 5.74) is 0. The first-order valence-corrected chi connectivity index (χ1v) is 21.8. The van der Waals surface area contributed by atoms with E-state index in [0.29, 0.717) is 12.8 Å². The van der Waals surface area contributed by atoms with Crippen LogP contribution in [0.1, 0.15) is 258 Å². The summed E-state index contributed by atoms with van der Waals surface area (Å²) < 4.78 is 0. The Morgan fingerprint density at radius 3 is 0.600 bits per heavy atom. The highest BCUT2D eigenvalue weighted by Crippen LogP contribution is 2.19. The van der Waals surface area contributed by atoms with Gasteiger partial charge in [0.15, 0.2) is 10.2 Å². The van der Waals surface area contributed by atoms with Gasteiger partial charge >= 0.3 is 0 Å². The second-order valence-corrected chi connectivity index (χ2v) is 15.5. The van der Waals surface area contributed by atoms with Crippen molar-refractivity contribution in [2.75, 3.05) is 0 Å². The summed E-state index contributed by atoms with van der Waals surface area (Å²) >= 11 is 1.00. The second kappa shape index (κ2) is 39.9. The van der Waals surface area contributed by atoms with E-state index in [9.17, 15) is 9.59 Å². The Morgan fingerprint density at radius 2 is 0.422 bits per heavy atom. The summed E-state index contributed by atoms with van der Waals surface area (Å²) in [4.78, 5) is 24.3. The summed E-state index contributed by atoms with van der Waals surface area (Å²) in [7, 11) is 0. The van der Waals surface area contributed by atoms with Crippen LogP contribution < -0.4 is 0 Å². The molecule has 0 atom stereocenters. The molecule has 2 nitrogen and oxygen atoms in total. The van der Waals surface area contributed by atoms with Crippen molar-refractivity contribution in [3.05, 3.63) is 0 Å². The van der Waals surface area contributed by atoms with Gasteiger partial charge in [0.05, 0.1) is 0 Å². The van der Waals surface area contributed by atoms with Gasteiger partial charge in [0.25, 0.3) is 0 Å². The number of rotatable bonds is 38. The minimum absolute atomic E-state index is 0.0962. The lowest BCUT2D eigenvalue weighted by Gasteiger charge is -2.04. The lowest BCUT2D eigenvalue weighted by molar-refractivity contribution is -0.113. The maximum atomic E-state index is 12.2. The van der Waals surface area contributed by atoms with Crippen LogP contribution in [0.15, 0.2) is 0 Å². The van der Waals surface area contributed by atoms with Gasteiger partial charge in [0.1, 0.15) is 0 Å². The van der Waals surface area contributed by atoms with E-state index in [-0.39, 0.29) is 10.2 Å². The highest BCUT2D eigenvalue weighted by Gasteiger charge is 2.10. The molecule has 0 amide bonds. The zero-order valence-corrected chi connectivity index (χ0v) is 31.9. The molecule has 0 aliphatic carbocycles. The van der Waals surface area contributed by atoms with Crippen LogP contribution in [-0.2, 0) is 9.59 Å². The van der Waals surface area contributed by atoms with E-state index in [4.69, 9.17) is 0 Å². The molecular weight excluding hydrogens is 569 g/mol.